The Bertz CT molecular complexity index is 1310. The number of benzene rings is 2. The Hall–Kier alpha value is -3.36. The molecule has 9 heteroatoms. The molecule has 0 unspecified atom stereocenters. The first-order valence-electron chi connectivity index (χ1n) is 13.6. The van der Waals surface area contributed by atoms with Gasteiger partial charge < -0.3 is 25.0 Å². The lowest BCUT2D eigenvalue weighted by atomic mass is 9.74. The molecule has 1 aliphatic carbocycles. The van der Waals surface area contributed by atoms with Gasteiger partial charge in [-0.05, 0) is 48.7 Å². The molecule has 204 valence electrons. The van der Waals surface area contributed by atoms with E-state index in [-0.39, 0.29) is 30.3 Å². The van der Waals surface area contributed by atoms with Gasteiger partial charge in [-0.3, -0.25) is 14.4 Å². The SMILES string of the molecule is COc1ccc(CN2C(=O)[C@H]3[C@@H](C(=O)Nc4cccc(Cl)c4)[C@H]4C=C[C@@]3(O4)[C@H]2C(=O)NC2CCCCC2)cc1. The third-order valence-electron chi connectivity index (χ3n) is 8.48. The normalized spacial score (nSPS) is 29.4. The number of likely N-dealkylation sites (tertiary alicyclic amines) is 1. The average Bonchev–Trinajstić information content (AvgIpc) is 3.57. The molecule has 2 saturated heterocycles. The molecular weight excluding hydrogens is 518 g/mol. The van der Waals surface area contributed by atoms with Crippen LogP contribution in [0.4, 0.5) is 5.69 Å². The number of nitrogens with one attached hydrogen (secondary N) is 2. The van der Waals surface area contributed by atoms with Crippen molar-refractivity contribution in [2.45, 2.75) is 62.4 Å². The number of amides is 3. The minimum Gasteiger partial charge on any atom is -0.497 e. The highest BCUT2D eigenvalue weighted by atomic mass is 35.5. The topological polar surface area (TPSA) is 97.0 Å². The van der Waals surface area contributed by atoms with Crippen LogP contribution in [0.15, 0.2) is 60.7 Å². The maximum Gasteiger partial charge on any atom is 0.246 e. The monoisotopic (exact) mass is 549 g/mol. The van der Waals surface area contributed by atoms with Gasteiger partial charge in [0.05, 0.1) is 25.0 Å². The summed E-state index contributed by atoms with van der Waals surface area (Å²) in [4.78, 5) is 43.2. The van der Waals surface area contributed by atoms with Crippen molar-refractivity contribution in [3.63, 3.8) is 0 Å². The van der Waals surface area contributed by atoms with E-state index in [2.05, 4.69) is 10.6 Å². The van der Waals surface area contributed by atoms with Crippen LogP contribution < -0.4 is 15.4 Å². The van der Waals surface area contributed by atoms with E-state index in [1.54, 1.807) is 36.3 Å². The summed E-state index contributed by atoms with van der Waals surface area (Å²) in [7, 11) is 1.60. The van der Waals surface area contributed by atoms with Crippen molar-refractivity contribution >= 4 is 35.0 Å². The largest absolute Gasteiger partial charge is 0.497 e. The van der Waals surface area contributed by atoms with E-state index in [4.69, 9.17) is 21.1 Å². The van der Waals surface area contributed by atoms with Gasteiger partial charge >= 0.3 is 0 Å². The fraction of sp³-hybridized carbons (Fsp3) is 0.433. The Labute approximate surface area is 232 Å². The van der Waals surface area contributed by atoms with Gasteiger partial charge in [0.25, 0.3) is 0 Å². The second kappa shape index (κ2) is 10.3. The van der Waals surface area contributed by atoms with E-state index in [0.29, 0.717) is 16.5 Å². The van der Waals surface area contributed by atoms with Crippen molar-refractivity contribution in [1.29, 1.82) is 0 Å². The lowest BCUT2D eigenvalue weighted by Gasteiger charge is -2.34. The van der Waals surface area contributed by atoms with E-state index in [1.807, 2.05) is 36.4 Å². The number of hydrogen-bond donors (Lipinski definition) is 2. The van der Waals surface area contributed by atoms with Crippen LogP contribution in [-0.2, 0) is 25.7 Å². The summed E-state index contributed by atoms with van der Waals surface area (Å²) < 4.78 is 11.7. The third kappa shape index (κ3) is 4.59. The van der Waals surface area contributed by atoms with E-state index >= 15 is 0 Å². The molecule has 3 aliphatic heterocycles. The van der Waals surface area contributed by atoms with Crippen molar-refractivity contribution in [3.05, 3.63) is 71.3 Å². The third-order valence-corrected chi connectivity index (χ3v) is 8.72. The number of nitrogens with zero attached hydrogens (tertiary/aromatic N) is 1. The zero-order valence-electron chi connectivity index (χ0n) is 21.8. The van der Waals surface area contributed by atoms with Crippen LogP contribution in [0, 0.1) is 11.8 Å². The number of methoxy groups -OCH3 is 1. The van der Waals surface area contributed by atoms with Crippen molar-refractivity contribution < 1.29 is 23.9 Å². The Morgan fingerprint density at radius 1 is 1.10 bits per heavy atom. The van der Waals surface area contributed by atoms with Crippen LogP contribution in [0.3, 0.4) is 0 Å². The first-order chi connectivity index (χ1) is 18.9. The average molecular weight is 550 g/mol. The van der Waals surface area contributed by atoms with Gasteiger partial charge in [-0.1, -0.05) is 61.2 Å². The highest BCUT2D eigenvalue weighted by Crippen LogP contribution is 2.55. The number of halogens is 1. The van der Waals surface area contributed by atoms with Crippen molar-refractivity contribution in [2.75, 3.05) is 12.4 Å². The number of rotatable bonds is 7. The highest BCUT2D eigenvalue weighted by molar-refractivity contribution is 6.30. The minimum absolute atomic E-state index is 0.0733. The molecule has 2 aromatic rings. The molecular formula is C30H32ClN3O5. The summed E-state index contributed by atoms with van der Waals surface area (Å²) in [5.41, 5.74) is 0.193. The quantitative estimate of drug-likeness (QED) is 0.507. The van der Waals surface area contributed by atoms with Crippen LogP contribution >= 0.6 is 11.6 Å². The van der Waals surface area contributed by atoms with Crippen LogP contribution in [0.25, 0.3) is 0 Å². The number of carbonyl (C=O) groups excluding carboxylic acids is 3. The predicted molar refractivity (Wildman–Crippen MR) is 146 cm³/mol. The second-order valence-corrected chi connectivity index (χ2v) is 11.3. The molecule has 5 atom stereocenters. The molecule has 2 N–H and O–H groups in total. The van der Waals surface area contributed by atoms with Gasteiger partial charge in [0.1, 0.15) is 17.4 Å². The summed E-state index contributed by atoms with van der Waals surface area (Å²) >= 11 is 6.11. The molecule has 39 heavy (non-hydrogen) atoms. The first kappa shape index (κ1) is 25.9. The second-order valence-electron chi connectivity index (χ2n) is 10.9. The van der Waals surface area contributed by atoms with Gasteiger partial charge in [0.2, 0.25) is 17.7 Å². The fourth-order valence-corrected chi connectivity index (χ4v) is 6.87. The summed E-state index contributed by atoms with van der Waals surface area (Å²) in [6, 6.07) is 13.5. The van der Waals surface area contributed by atoms with Crippen LogP contribution in [-0.4, -0.2) is 53.5 Å². The zero-order chi connectivity index (χ0) is 27.1. The summed E-state index contributed by atoms with van der Waals surface area (Å²) in [5.74, 6) is -1.69. The standard InChI is InChI=1S/C30H32ClN3O5/c1-38-22-12-10-18(11-13-22)17-34-26(28(36)32-20-7-3-2-4-8-20)30-15-14-23(39-30)24(25(30)29(34)37)27(35)33-21-9-5-6-19(31)16-21/h5-6,9-16,20,23-26H,2-4,7-8,17H2,1H3,(H,32,36)(H,33,35)/t23-,24+,25-,26-,30+/m1/s1. The Kier molecular flexibility index (Phi) is 6.85. The zero-order valence-corrected chi connectivity index (χ0v) is 22.5. The molecule has 3 heterocycles. The molecule has 8 nitrogen and oxygen atoms in total. The van der Waals surface area contributed by atoms with Gasteiger partial charge in [0, 0.05) is 23.3 Å². The number of carbonyl (C=O) groups is 3. The molecule has 4 aliphatic rings. The van der Waals surface area contributed by atoms with E-state index in [9.17, 15) is 14.4 Å². The van der Waals surface area contributed by atoms with E-state index < -0.39 is 29.6 Å². The van der Waals surface area contributed by atoms with Crippen LogP contribution in [0.2, 0.25) is 5.02 Å². The lowest BCUT2D eigenvalue weighted by Crippen LogP contribution is -2.56. The molecule has 1 saturated carbocycles. The number of fused-ring (bicyclic) bond motifs is 1. The van der Waals surface area contributed by atoms with E-state index in [0.717, 1.165) is 31.2 Å². The first-order valence-corrected chi connectivity index (χ1v) is 13.9. The Balaban J connectivity index is 1.32. The fourth-order valence-electron chi connectivity index (χ4n) is 6.68. The summed E-state index contributed by atoms with van der Waals surface area (Å²) in [6.45, 7) is 0.217. The van der Waals surface area contributed by atoms with E-state index in [1.165, 1.54) is 6.42 Å². The van der Waals surface area contributed by atoms with Gasteiger partial charge in [-0.15, -0.1) is 0 Å². The number of hydrogen-bond acceptors (Lipinski definition) is 5. The maximum atomic E-state index is 14.1. The van der Waals surface area contributed by atoms with Gasteiger partial charge in [0.15, 0.2) is 0 Å². The number of ether oxygens (including phenoxy) is 2. The highest BCUT2D eigenvalue weighted by Gasteiger charge is 2.72. The molecule has 6 rings (SSSR count). The Morgan fingerprint density at radius 2 is 1.87 bits per heavy atom. The van der Waals surface area contributed by atoms with Gasteiger partial charge in [-0.25, -0.2) is 0 Å². The van der Waals surface area contributed by atoms with Crippen molar-refractivity contribution in [1.82, 2.24) is 10.2 Å². The molecule has 0 radical (unpaired) electrons. The predicted octanol–water partition coefficient (Wildman–Crippen LogP) is 4.09. The number of anilines is 1. The molecule has 3 fully saturated rings. The molecule has 2 aromatic carbocycles. The van der Waals surface area contributed by atoms with Gasteiger partial charge in [-0.2, -0.15) is 0 Å². The minimum atomic E-state index is -1.21. The lowest BCUT2D eigenvalue weighted by molar-refractivity contribution is -0.142. The summed E-state index contributed by atoms with van der Waals surface area (Å²) in [6.07, 6.45) is 8.22. The molecule has 3 amide bonds. The van der Waals surface area contributed by atoms with Crippen molar-refractivity contribution in [3.8, 4) is 5.75 Å². The smallest absolute Gasteiger partial charge is 0.246 e. The molecule has 0 aromatic heterocycles. The van der Waals surface area contributed by atoms with Crippen LogP contribution in [0.1, 0.15) is 37.7 Å². The van der Waals surface area contributed by atoms with Crippen molar-refractivity contribution in [2.24, 2.45) is 11.8 Å². The molecule has 2 bridgehead atoms. The molecule has 1 spiro atoms. The maximum absolute atomic E-state index is 14.1. The summed E-state index contributed by atoms with van der Waals surface area (Å²) in [5, 5.41) is 6.61. The van der Waals surface area contributed by atoms with Crippen LogP contribution in [0.5, 0.6) is 5.75 Å². The Morgan fingerprint density at radius 3 is 2.59 bits per heavy atom.